The van der Waals surface area contributed by atoms with Crippen molar-refractivity contribution in [2.75, 3.05) is 17.5 Å². The van der Waals surface area contributed by atoms with Crippen molar-refractivity contribution in [2.24, 2.45) is 5.84 Å². The van der Waals surface area contributed by atoms with Crippen LogP contribution in [0.25, 0.3) is 0 Å². The highest BCUT2D eigenvalue weighted by atomic mass is 35.5. The molecule has 27 heavy (non-hydrogen) atoms. The van der Waals surface area contributed by atoms with E-state index in [1.165, 1.54) is 30.3 Å². The van der Waals surface area contributed by atoms with Gasteiger partial charge in [-0.3, -0.25) is 14.5 Å². The van der Waals surface area contributed by atoms with Crippen LogP contribution in [-0.2, 0) is 14.8 Å². The predicted molar refractivity (Wildman–Crippen MR) is 105 cm³/mol. The fourth-order valence-electron chi connectivity index (χ4n) is 2.14. The van der Waals surface area contributed by atoms with E-state index in [0.29, 0.717) is 5.75 Å². The molecule has 0 radical (unpaired) electrons. The Balaban J connectivity index is 2.52. The molecular formula is C17H17Cl2N3O4S. The average molecular weight is 430 g/mol. The van der Waals surface area contributed by atoms with Gasteiger partial charge < -0.3 is 4.74 Å². The first-order valence-electron chi connectivity index (χ1n) is 7.60. The third-order valence-corrected chi connectivity index (χ3v) is 5.91. The molecule has 0 unspecified atom stereocenters. The van der Waals surface area contributed by atoms with Crippen LogP contribution in [0.2, 0.25) is 10.0 Å². The molecular weight excluding hydrogens is 413 g/mol. The van der Waals surface area contributed by atoms with Crippen molar-refractivity contribution in [3.63, 3.8) is 0 Å². The summed E-state index contributed by atoms with van der Waals surface area (Å²) in [5, 5.41) is 0.283. The number of benzene rings is 2. The number of ether oxygens (including phenoxy) is 1. The summed E-state index contributed by atoms with van der Waals surface area (Å²) in [6.45, 7) is 3.26. The summed E-state index contributed by atoms with van der Waals surface area (Å²) in [6, 6.07) is 10.1. The number of carbonyl (C=O) groups excluding carboxylic acids is 1. The first-order valence-corrected chi connectivity index (χ1v) is 9.80. The van der Waals surface area contributed by atoms with Crippen molar-refractivity contribution >= 4 is 44.8 Å². The number of nitrogens with two attached hydrogens (primary N) is 1. The Morgan fingerprint density at radius 2 is 1.96 bits per heavy atom. The fourth-order valence-corrected chi connectivity index (χ4v) is 3.94. The SMILES string of the molecule is C=CCOc1cccc(N(CC(=O)NN)S(=O)(=O)c2ccc(Cl)c(Cl)c2)c1. The normalized spacial score (nSPS) is 10.9. The Labute approximate surface area is 167 Å². The Morgan fingerprint density at radius 1 is 1.22 bits per heavy atom. The number of nitrogens with one attached hydrogen (secondary N) is 1. The lowest BCUT2D eigenvalue weighted by Crippen LogP contribution is -2.43. The maximum Gasteiger partial charge on any atom is 0.264 e. The molecule has 0 spiro atoms. The highest BCUT2D eigenvalue weighted by molar-refractivity contribution is 7.92. The zero-order valence-corrected chi connectivity index (χ0v) is 16.4. The minimum absolute atomic E-state index is 0.0732. The number of anilines is 1. The summed E-state index contributed by atoms with van der Waals surface area (Å²) in [4.78, 5) is 11.7. The quantitative estimate of drug-likeness (QED) is 0.290. The Bertz CT molecular complexity index is 951. The van der Waals surface area contributed by atoms with Gasteiger partial charge in [0.05, 0.1) is 20.6 Å². The summed E-state index contributed by atoms with van der Waals surface area (Å²) >= 11 is 11.8. The van der Waals surface area contributed by atoms with Crippen molar-refractivity contribution < 1.29 is 17.9 Å². The van der Waals surface area contributed by atoms with Gasteiger partial charge in [0.1, 0.15) is 18.9 Å². The van der Waals surface area contributed by atoms with E-state index < -0.39 is 22.5 Å². The number of hydrazine groups is 1. The molecule has 0 heterocycles. The molecule has 0 aliphatic heterocycles. The molecule has 0 bridgehead atoms. The van der Waals surface area contributed by atoms with Gasteiger partial charge in [0.15, 0.2) is 0 Å². The lowest BCUT2D eigenvalue weighted by Gasteiger charge is -2.24. The smallest absolute Gasteiger partial charge is 0.264 e. The number of rotatable bonds is 8. The first-order chi connectivity index (χ1) is 12.8. The Hall–Kier alpha value is -2.26. The summed E-state index contributed by atoms with van der Waals surface area (Å²) < 4.78 is 32.6. The standard InChI is InChI=1S/C17H17Cl2N3O4S/c1-2-8-26-13-5-3-4-12(9-13)22(11-17(23)21-20)27(24,25)14-6-7-15(18)16(19)10-14/h2-7,9-10H,1,8,11,20H2,(H,21,23). The Morgan fingerprint density at radius 3 is 2.59 bits per heavy atom. The molecule has 0 fully saturated rings. The molecule has 2 rings (SSSR count). The third kappa shape index (κ3) is 5.14. The lowest BCUT2D eigenvalue weighted by atomic mass is 10.3. The van der Waals surface area contributed by atoms with Gasteiger partial charge in [0.25, 0.3) is 15.9 Å². The molecule has 0 atom stereocenters. The van der Waals surface area contributed by atoms with Crippen molar-refractivity contribution in [2.45, 2.75) is 4.90 Å². The zero-order chi connectivity index (χ0) is 20.0. The van der Waals surface area contributed by atoms with Crippen LogP contribution in [0.1, 0.15) is 0 Å². The van der Waals surface area contributed by atoms with E-state index >= 15 is 0 Å². The summed E-state index contributed by atoms with van der Waals surface area (Å²) in [5.41, 5.74) is 2.14. The maximum atomic E-state index is 13.1. The van der Waals surface area contributed by atoms with Crippen LogP contribution in [0.5, 0.6) is 5.75 Å². The van der Waals surface area contributed by atoms with Crippen LogP contribution in [0.4, 0.5) is 5.69 Å². The second-order valence-corrected chi connectivity index (χ2v) is 7.93. The second kappa shape index (κ2) is 9.09. The highest BCUT2D eigenvalue weighted by Gasteiger charge is 2.28. The van der Waals surface area contributed by atoms with E-state index in [0.717, 1.165) is 4.31 Å². The monoisotopic (exact) mass is 429 g/mol. The van der Waals surface area contributed by atoms with E-state index in [9.17, 15) is 13.2 Å². The van der Waals surface area contributed by atoms with Crippen LogP contribution in [0, 0.1) is 0 Å². The van der Waals surface area contributed by atoms with Crippen LogP contribution in [-0.4, -0.2) is 27.5 Å². The van der Waals surface area contributed by atoms with Crippen molar-refractivity contribution in [1.82, 2.24) is 5.43 Å². The maximum absolute atomic E-state index is 13.1. The molecule has 2 aromatic rings. The largest absolute Gasteiger partial charge is 0.489 e. The van der Waals surface area contributed by atoms with Crippen molar-refractivity contribution in [3.8, 4) is 5.75 Å². The van der Waals surface area contributed by atoms with Gasteiger partial charge in [-0.1, -0.05) is 41.9 Å². The van der Waals surface area contributed by atoms with Crippen molar-refractivity contribution in [1.29, 1.82) is 0 Å². The summed E-state index contributed by atoms with van der Waals surface area (Å²) in [5.74, 6) is 4.84. The molecule has 7 nitrogen and oxygen atoms in total. The van der Waals surface area contributed by atoms with E-state index in [1.807, 2.05) is 5.43 Å². The topological polar surface area (TPSA) is 102 Å². The fraction of sp³-hybridized carbons (Fsp3) is 0.118. The second-order valence-electron chi connectivity index (χ2n) is 5.25. The lowest BCUT2D eigenvalue weighted by molar-refractivity contribution is -0.119. The predicted octanol–water partition coefficient (Wildman–Crippen LogP) is 2.74. The van der Waals surface area contributed by atoms with Crippen LogP contribution in [0.15, 0.2) is 60.0 Å². The average Bonchev–Trinajstić information content (AvgIpc) is 2.66. The van der Waals surface area contributed by atoms with Gasteiger partial charge in [-0.2, -0.15) is 0 Å². The van der Waals surface area contributed by atoms with Crippen molar-refractivity contribution in [3.05, 3.63) is 65.2 Å². The van der Waals surface area contributed by atoms with Gasteiger partial charge in [-0.05, 0) is 30.3 Å². The number of hydrogen-bond acceptors (Lipinski definition) is 5. The third-order valence-electron chi connectivity index (χ3n) is 3.40. The van der Waals surface area contributed by atoms with E-state index in [4.69, 9.17) is 33.8 Å². The zero-order valence-electron chi connectivity index (χ0n) is 14.1. The first kappa shape index (κ1) is 21.0. The number of nitrogens with zero attached hydrogens (tertiary/aromatic N) is 1. The van der Waals surface area contributed by atoms with Gasteiger partial charge in [0.2, 0.25) is 0 Å². The molecule has 0 aliphatic carbocycles. The van der Waals surface area contributed by atoms with Gasteiger partial charge >= 0.3 is 0 Å². The number of sulfonamides is 1. The molecule has 1 amide bonds. The summed E-state index contributed by atoms with van der Waals surface area (Å²) in [7, 11) is -4.14. The van der Waals surface area contributed by atoms with Gasteiger partial charge in [0, 0.05) is 6.07 Å². The highest BCUT2D eigenvalue weighted by Crippen LogP contribution is 2.30. The minimum atomic E-state index is -4.14. The van der Waals surface area contributed by atoms with E-state index in [1.54, 1.807) is 18.2 Å². The molecule has 2 aromatic carbocycles. The summed E-state index contributed by atoms with van der Waals surface area (Å²) in [6.07, 6.45) is 1.55. The molecule has 10 heteroatoms. The molecule has 0 aromatic heterocycles. The molecule has 3 N–H and O–H groups in total. The minimum Gasteiger partial charge on any atom is -0.489 e. The number of amides is 1. The van der Waals surface area contributed by atoms with Crippen LogP contribution in [0.3, 0.4) is 0 Å². The van der Waals surface area contributed by atoms with E-state index in [-0.39, 0.29) is 27.2 Å². The molecule has 0 saturated carbocycles. The number of hydrogen-bond donors (Lipinski definition) is 2. The van der Waals surface area contributed by atoms with E-state index in [2.05, 4.69) is 6.58 Å². The van der Waals surface area contributed by atoms with Gasteiger partial charge in [-0.25, -0.2) is 14.3 Å². The number of carbonyl (C=O) groups is 1. The Kier molecular flexibility index (Phi) is 7.09. The molecule has 144 valence electrons. The molecule has 0 saturated heterocycles. The van der Waals surface area contributed by atoms with Crippen LogP contribution >= 0.6 is 23.2 Å². The molecule has 0 aliphatic rings. The number of halogens is 2. The van der Waals surface area contributed by atoms with Gasteiger partial charge in [-0.15, -0.1) is 0 Å². The van der Waals surface area contributed by atoms with Crippen LogP contribution < -0.4 is 20.3 Å².